The van der Waals surface area contributed by atoms with Crippen molar-refractivity contribution in [3.8, 4) is 11.4 Å². The quantitative estimate of drug-likeness (QED) is 0.729. The van der Waals surface area contributed by atoms with E-state index < -0.39 is 0 Å². The molecule has 0 radical (unpaired) electrons. The molecule has 82 valence electrons. The zero-order chi connectivity index (χ0) is 11.4. The van der Waals surface area contributed by atoms with Crippen LogP contribution in [0.25, 0.3) is 11.4 Å². The monoisotopic (exact) mass is 215 g/mol. The molecule has 0 amide bonds. The molecule has 4 nitrogen and oxygen atoms in total. The Balaban J connectivity index is 2.46. The molecule has 16 heavy (non-hydrogen) atoms. The second kappa shape index (κ2) is 4.70. The van der Waals surface area contributed by atoms with Gasteiger partial charge in [0.25, 0.3) is 0 Å². The number of carbonyl (C=O) groups excluding carboxylic acids is 1. The van der Waals surface area contributed by atoms with Crippen LogP contribution in [0.3, 0.4) is 0 Å². The van der Waals surface area contributed by atoms with Gasteiger partial charge in [-0.2, -0.15) is 5.10 Å². The van der Waals surface area contributed by atoms with Gasteiger partial charge in [-0.05, 0) is 19.1 Å². The van der Waals surface area contributed by atoms with E-state index >= 15 is 0 Å². The second-order valence-corrected chi connectivity index (χ2v) is 3.44. The first-order valence-electron chi connectivity index (χ1n) is 5.26. The molecule has 0 saturated carbocycles. The van der Waals surface area contributed by atoms with Crippen LogP contribution < -0.4 is 0 Å². The Labute approximate surface area is 93.9 Å². The standard InChI is InChI=1S/C12H13N3O/c1-2-15-9-10(6-8-16)12(14-15)11-5-3-4-7-13-11/h3-5,7-9H,2,6H2,1H3. The maximum atomic E-state index is 10.6. The van der Waals surface area contributed by atoms with E-state index in [9.17, 15) is 4.79 Å². The number of rotatable bonds is 4. The van der Waals surface area contributed by atoms with Gasteiger partial charge < -0.3 is 4.79 Å². The van der Waals surface area contributed by atoms with Crippen molar-refractivity contribution in [2.24, 2.45) is 0 Å². The smallest absolute Gasteiger partial charge is 0.124 e. The van der Waals surface area contributed by atoms with E-state index in [0.717, 1.165) is 29.8 Å². The highest BCUT2D eigenvalue weighted by atomic mass is 16.1. The molecule has 0 atom stereocenters. The van der Waals surface area contributed by atoms with E-state index in [0.29, 0.717) is 6.42 Å². The number of aldehydes is 1. The Morgan fingerprint density at radius 2 is 2.31 bits per heavy atom. The van der Waals surface area contributed by atoms with Crippen molar-refractivity contribution >= 4 is 6.29 Å². The summed E-state index contributed by atoms with van der Waals surface area (Å²) < 4.78 is 1.82. The van der Waals surface area contributed by atoms with Gasteiger partial charge in [-0.1, -0.05) is 6.07 Å². The van der Waals surface area contributed by atoms with Crippen LogP contribution >= 0.6 is 0 Å². The van der Waals surface area contributed by atoms with Gasteiger partial charge >= 0.3 is 0 Å². The molecule has 0 spiro atoms. The molecule has 0 N–H and O–H groups in total. The summed E-state index contributed by atoms with van der Waals surface area (Å²) in [5.74, 6) is 0. The minimum absolute atomic E-state index is 0.381. The molecule has 2 heterocycles. The minimum Gasteiger partial charge on any atom is -0.303 e. The summed E-state index contributed by atoms with van der Waals surface area (Å²) in [5.41, 5.74) is 2.54. The number of carbonyl (C=O) groups is 1. The van der Waals surface area contributed by atoms with Crippen LogP contribution in [0.5, 0.6) is 0 Å². The number of hydrogen-bond donors (Lipinski definition) is 0. The first-order valence-corrected chi connectivity index (χ1v) is 5.26. The molecule has 0 aromatic carbocycles. The maximum Gasteiger partial charge on any atom is 0.124 e. The van der Waals surface area contributed by atoms with E-state index in [4.69, 9.17) is 0 Å². The molecule has 0 saturated heterocycles. The SMILES string of the molecule is CCn1cc(CC=O)c(-c2ccccn2)n1. The molecule has 0 bridgehead atoms. The van der Waals surface area contributed by atoms with Gasteiger partial charge in [0.05, 0.1) is 5.69 Å². The lowest BCUT2D eigenvalue weighted by Crippen LogP contribution is -1.94. The van der Waals surface area contributed by atoms with Crippen LogP contribution in [0.15, 0.2) is 30.6 Å². The predicted molar refractivity (Wildman–Crippen MR) is 60.9 cm³/mol. The maximum absolute atomic E-state index is 10.6. The summed E-state index contributed by atoms with van der Waals surface area (Å²) in [4.78, 5) is 14.8. The summed E-state index contributed by atoms with van der Waals surface area (Å²) in [7, 11) is 0. The largest absolute Gasteiger partial charge is 0.303 e. The van der Waals surface area contributed by atoms with E-state index in [1.807, 2.05) is 36.0 Å². The molecule has 4 heteroatoms. The molecule has 0 fully saturated rings. The number of aryl methyl sites for hydroxylation is 1. The minimum atomic E-state index is 0.381. The van der Waals surface area contributed by atoms with Crippen molar-refractivity contribution in [3.63, 3.8) is 0 Å². The summed E-state index contributed by atoms with van der Waals surface area (Å²) >= 11 is 0. The Kier molecular flexibility index (Phi) is 3.10. The van der Waals surface area contributed by atoms with Gasteiger partial charge in [0.1, 0.15) is 12.0 Å². The molecular formula is C12H13N3O. The van der Waals surface area contributed by atoms with Crippen LogP contribution in [0.4, 0.5) is 0 Å². The lowest BCUT2D eigenvalue weighted by atomic mass is 10.1. The van der Waals surface area contributed by atoms with Crippen molar-refractivity contribution in [3.05, 3.63) is 36.2 Å². The number of nitrogens with zero attached hydrogens (tertiary/aromatic N) is 3. The van der Waals surface area contributed by atoms with Gasteiger partial charge in [-0.3, -0.25) is 9.67 Å². The lowest BCUT2D eigenvalue weighted by molar-refractivity contribution is -0.107. The second-order valence-electron chi connectivity index (χ2n) is 3.44. The fraction of sp³-hybridized carbons (Fsp3) is 0.250. The van der Waals surface area contributed by atoms with Gasteiger partial charge in [-0.25, -0.2) is 0 Å². The van der Waals surface area contributed by atoms with Crippen LogP contribution in [-0.4, -0.2) is 21.1 Å². The van der Waals surface area contributed by atoms with Crippen molar-refractivity contribution in [2.45, 2.75) is 19.9 Å². The average Bonchev–Trinajstić information content (AvgIpc) is 2.74. The Hall–Kier alpha value is -1.97. The zero-order valence-electron chi connectivity index (χ0n) is 9.13. The molecule has 2 rings (SSSR count). The lowest BCUT2D eigenvalue weighted by Gasteiger charge is -1.97. The predicted octanol–water partition coefficient (Wildman–Crippen LogP) is 1.71. The normalized spacial score (nSPS) is 10.3. The van der Waals surface area contributed by atoms with Crippen molar-refractivity contribution in [2.75, 3.05) is 0 Å². The molecular weight excluding hydrogens is 202 g/mol. The average molecular weight is 215 g/mol. The fourth-order valence-corrected chi connectivity index (χ4v) is 1.58. The van der Waals surface area contributed by atoms with Crippen LogP contribution in [0.1, 0.15) is 12.5 Å². The fourth-order valence-electron chi connectivity index (χ4n) is 1.58. The summed E-state index contributed by atoms with van der Waals surface area (Å²) in [6, 6.07) is 5.67. The molecule has 0 unspecified atom stereocenters. The van der Waals surface area contributed by atoms with Gasteiger partial charge in [0, 0.05) is 30.9 Å². The number of pyridine rings is 1. The van der Waals surface area contributed by atoms with E-state index in [-0.39, 0.29) is 0 Å². The number of hydrogen-bond acceptors (Lipinski definition) is 3. The van der Waals surface area contributed by atoms with Gasteiger partial charge in [0.15, 0.2) is 0 Å². The van der Waals surface area contributed by atoms with E-state index in [1.165, 1.54) is 0 Å². The van der Waals surface area contributed by atoms with Crippen molar-refractivity contribution in [1.29, 1.82) is 0 Å². The summed E-state index contributed by atoms with van der Waals surface area (Å²) in [6.45, 7) is 2.80. The van der Waals surface area contributed by atoms with E-state index in [2.05, 4.69) is 10.1 Å². The molecule has 2 aromatic rings. The van der Waals surface area contributed by atoms with Gasteiger partial charge in [0.2, 0.25) is 0 Å². The Morgan fingerprint density at radius 1 is 1.44 bits per heavy atom. The van der Waals surface area contributed by atoms with E-state index in [1.54, 1.807) is 6.20 Å². The molecule has 2 aromatic heterocycles. The highest BCUT2D eigenvalue weighted by Crippen LogP contribution is 2.19. The molecule has 0 aliphatic carbocycles. The first kappa shape index (κ1) is 10.5. The summed E-state index contributed by atoms with van der Waals surface area (Å²) in [6.07, 6.45) is 4.90. The highest BCUT2D eigenvalue weighted by Gasteiger charge is 2.10. The molecule has 0 aliphatic heterocycles. The summed E-state index contributed by atoms with van der Waals surface area (Å²) in [5, 5.41) is 4.41. The zero-order valence-corrected chi connectivity index (χ0v) is 9.13. The third-order valence-electron chi connectivity index (χ3n) is 2.37. The third kappa shape index (κ3) is 2.00. The third-order valence-corrected chi connectivity index (χ3v) is 2.37. The Bertz CT molecular complexity index is 476. The Morgan fingerprint density at radius 3 is 2.94 bits per heavy atom. The topological polar surface area (TPSA) is 47.8 Å². The van der Waals surface area contributed by atoms with Crippen molar-refractivity contribution in [1.82, 2.24) is 14.8 Å². The first-order chi connectivity index (χ1) is 7.85. The highest BCUT2D eigenvalue weighted by molar-refractivity contribution is 5.65. The van der Waals surface area contributed by atoms with Crippen LogP contribution in [0.2, 0.25) is 0 Å². The van der Waals surface area contributed by atoms with Crippen molar-refractivity contribution < 1.29 is 4.79 Å². The van der Waals surface area contributed by atoms with Gasteiger partial charge in [-0.15, -0.1) is 0 Å². The van der Waals surface area contributed by atoms with Crippen LogP contribution in [0, 0.1) is 0 Å². The molecule has 0 aliphatic rings. The number of aromatic nitrogens is 3. The van der Waals surface area contributed by atoms with Crippen LogP contribution in [-0.2, 0) is 17.8 Å².